The molecule has 0 aliphatic carbocycles. The van der Waals surface area contributed by atoms with Crippen LogP contribution in [0.1, 0.15) is 10.7 Å². The van der Waals surface area contributed by atoms with E-state index in [2.05, 4.69) is 16.9 Å². The molecule has 1 fully saturated rings. The van der Waals surface area contributed by atoms with Crippen LogP contribution in [0.5, 0.6) is 0 Å². The molecule has 88 valence electrons. The largest absolute Gasteiger partial charge is 0.340 e. The van der Waals surface area contributed by atoms with Crippen molar-refractivity contribution in [3.8, 4) is 0 Å². The van der Waals surface area contributed by atoms with Crippen molar-refractivity contribution in [1.82, 2.24) is 14.8 Å². The second-order valence-electron chi connectivity index (χ2n) is 4.22. The van der Waals surface area contributed by atoms with Crippen molar-refractivity contribution in [3.63, 3.8) is 0 Å². The number of aromatic nitrogens is 1. The van der Waals surface area contributed by atoms with Crippen LogP contribution >= 0.6 is 11.3 Å². The van der Waals surface area contributed by atoms with Gasteiger partial charge in [0.1, 0.15) is 0 Å². The standard InChI is InChI=1S/C11H17N3OS/c1-9-12-10(8-16-9)7-11(15)14-5-3-13(2)4-6-14/h8H,3-7H2,1-2H3. The van der Waals surface area contributed by atoms with Crippen molar-refractivity contribution in [2.75, 3.05) is 33.2 Å². The molecule has 0 saturated carbocycles. The molecule has 1 saturated heterocycles. The number of piperazine rings is 1. The minimum atomic E-state index is 0.207. The molecule has 2 rings (SSSR count). The van der Waals surface area contributed by atoms with E-state index in [-0.39, 0.29) is 5.91 Å². The lowest BCUT2D eigenvalue weighted by atomic mass is 10.2. The highest BCUT2D eigenvalue weighted by Gasteiger charge is 2.19. The first-order valence-corrected chi connectivity index (χ1v) is 6.40. The topological polar surface area (TPSA) is 36.4 Å². The zero-order valence-electron chi connectivity index (χ0n) is 9.77. The summed E-state index contributed by atoms with van der Waals surface area (Å²) in [6.07, 6.45) is 0.452. The van der Waals surface area contributed by atoms with E-state index in [0.29, 0.717) is 6.42 Å². The molecule has 0 radical (unpaired) electrons. The van der Waals surface area contributed by atoms with Gasteiger partial charge in [-0.15, -0.1) is 11.3 Å². The SMILES string of the molecule is Cc1nc(CC(=O)N2CCN(C)CC2)cs1. The fourth-order valence-electron chi connectivity index (χ4n) is 1.81. The maximum absolute atomic E-state index is 12.0. The van der Waals surface area contributed by atoms with Gasteiger partial charge >= 0.3 is 0 Å². The lowest BCUT2D eigenvalue weighted by Crippen LogP contribution is -2.47. The minimum absolute atomic E-state index is 0.207. The zero-order chi connectivity index (χ0) is 11.5. The Labute approximate surface area is 99.9 Å². The Kier molecular flexibility index (Phi) is 3.56. The Morgan fingerprint density at radius 3 is 2.69 bits per heavy atom. The maximum atomic E-state index is 12.0. The fourth-order valence-corrected chi connectivity index (χ4v) is 2.42. The Hall–Kier alpha value is -0.940. The van der Waals surface area contributed by atoms with Crippen LogP contribution in [0.15, 0.2) is 5.38 Å². The van der Waals surface area contributed by atoms with Gasteiger partial charge in [-0.05, 0) is 14.0 Å². The highest BCUT2D eigenvalue weighted by atomic mass is 32.1. The van der Waals surface area contributed by atoms with E-state index in [0.717, 1.165) is 36.9 Å². The second-order valence-corrected chi connectivity index (χ2v) is 5.28. The van der Waals surface area contributed by atoms with Gasteiger partial charge in [0.2, 0.25) is 5.91 Å². The number of carbonyl (C=O) groups is 1. The Morgan fingerprint density at radius 2 is 2.12 bits per heavy atom. The number of hydrogen-bond donors (Lipinski definition) is 0. The molecule has 1 amide bonds. The van der Waals surface area contributed by atoms with Crippen LogP contribution in [0.25, 0.3) is 0 Å². The smallest absolute Gasteiger partial charge is 0.228 e. The molecule has 0 unspecified atom stereocenters. The number of carbonyl (C=O) groups excluding carboxylic acids is 1. The van der Waals surface area contributed by atoms with Crippen LogP contribution < -0.4 is 0 Å². The quantitative estimate of drug-likeness (QED) is 0.765. The minimum Gasteiger partial charge on any atom is -0.340 e. The average Bonchev–Trinajstić information content (AvgIpc) is 2.65. The molecule has 4 nitrogen and oxygen atoms in total. The van der Waals surface area contributed by atoms with Crippen LogP contribution in [-0.2, 0) is 11.2 Å². The number of aryl methyl sites for hydroxylation is 1. The van der Waals surface area contributed by atoms with Crippen LogP contribution in [0.4, 0.5) is 0 Å². The van der Waals surface area contributed by atoms with E-state index in [9.17, 15) is 4.79 Å². The van der Waals surface area contributed by atoms with Crippen molar-refractivity contribution < 1.29 is 4.79 Å². The van der Waals surface area contributed by atoms with Crippen molar-refractivity contribution in [2.24, 2.45) is 0 Å². The van der Waals surface area contributed by atoms with Gasteiger partial charge in [0.15, 0.2) is 0 Å². The first kappa shape index (κ1) is 11.5. The molecule has 2 heterocycles. The lowest BCUT2D eigenvalue weighted by Gasteiger charge is -2.32. The number of thiazole rings is 1. The molecule has 0 spiro atoms. The van der Waals surface area contributed by atoms with Crippen molar-refractivity contribution in [1.29, 1.82) is 0 Å². The molecule has 0 atom stereocenters. The van der Waals surface area contributed by atoms with Gasteiger partial charge in [0.25, 0.3) is 0 Å². The van der Waals surface area contributed by atoms with Gasteiger partial charge in [-0.25, -0.2) is 4.98 Å². The van der Waals surface area contributed by atoms with Crippen LogP contribution in [0.3, 0.4) is 0 Å². The van der Waals surface area contributed by atoms with E-state index in [4.69, 9.17) is 0 Å². The predicted octanol–water partition coefficient (Wildman–Crippen LogP) is 0.768. The molecule has 5 heteroatoms. The fraction of sp³-hybridized carbons (Fsp3) is 0.636. The van der Waals surface area contributed by atoms with Gasteiger partial charge in [-0.1, -0.05) is 0 Å². The zero-order valence-corrected chi connectivity index (χ0v) is 10.6. The van der Waals surface area contributed by atoms with E-state index in [1.807, 2.05) is 17.2 Å². The maximum Gasteiger partial charge on any atom is 0.228 e. The Bertz CT molecular complexity index is 369. The third-order valence-electron chi connectivity index (χ3n) is 2.85. The van der Waals surface area contributed by atoms with Gasteiger partial charge in [0, 0.05) is 31.6 Å². The van der Waals surface area contributed by atoms with Gasteiger partial charge in [-0.3, -0.25) is 4.79 Å². The normalized spacial score (nSPS) is 17.8. The summed E-state index contributed by atoms with van der Waals surface area (Å²) >= 11 is 1.60. The van der Waals surface area contributed by atoms with Gasteiger partial charge in [0.05, 0.1) is 17.1 Å². The summed E-state index contributed by atoms with van der Waals surface area (Å²) in [5.74, 6) is 0.207. The lowest BCUT2D eigenvalue weighted by molar-refractivity contribution is -0.132. The van der Waals surface area contributed by atoms with E-state index in [1.165, 1.54) is 0 Å². The molecule has 1 aliphatic heterocycles. The third kappa shape index (κ3) is 2.80. The van der Waals surface area contributed by atoms with Gasteiger partial charge < -0.3 is 9.80 Å². The van der Waals surface area contributed by atoms with Gasteiger partial charge in [-0.2, -0.15) is 0 Å². The molecule has 0 aromatic carbocycles. The Morgan fingerprint density at radius 1 is 1.44 bits per heavy atom. The summed E-state index contributed by atoms with van der Waals surface area (Å²) in [6, 6.07) is 0. The summed E-state index contributed by atoms with van der Waals surface area (Å²) in [5, 5.41) is 3.00. The number of nitrogens with zero attached hydrogens (tertiary/aromatic N) is 3. The van der Waals surface area contributed by atoms with E-state index >= 15 is 0 Å². The first-order chi connectivity index (χ1) is 7.65. The van der Waals surface area contributed by atoms with E-state index in [1.54, 1.807) is 11.3 Å². The summed E-state index contributed by atoms with van der Waals surface area (Å²) in [7, 11) is 2.09. The summed E-state index contributed by atoms with van der Waals surface area (Å²) in [6.45, 7) is 5.61. The van der Waals surface area contributed by atoms with Crippen LogP contribution in [-0.4, -0.2) is 53.9 Å². The number of likely N-dealkylation sites (N-methyl/N-ethyl adjacent to an activating group) is 1. The first-order valence-electron chi connectivity index (χ1n) is 5.52. The summed E-state index contributed by atoms with van der Waals surface area (Å²) in [4.78, 5) is 20.5. The second kappa shape index (κ2) is 4.93. The molecular weight excluding hydrogens is 222 g/mol. The van der Waals surface area contributed by atoms with Crippen LogP contribution in [0.2, 0.25) is 0 Å². The molecule has 0 bridgehead atoms. The summed E-state index contributed by atoms with van der Waals surface area (Å²) in [5.41, 5.74) is 0.909. The molecular formula is C11H17N3OS. The number of hydrogen-bond acceptors (Lipinski definition) is 4. The highest BCUT2D eigenvalue weighted by molar-refractivity contribution is 7.09. The monoisotopic (exact) mass is 239 g/mol. The molecule has 1 aliphatic rings. The number of rotatable bonds is 2. The molecule has 16 heavy (non-hydrogen) atoms. The molecule has 1 aromatic heterocycles. The molecule has 1 aromatic rings. The molecule has 0 N–H and O–H groups in total. The number of amides is 1. The Balaban J connectivity index is 1.88. The third-order valence-corrected chi connectivity index (χ3v) is 3.68. The van der Waals surface area contributed by atoms with Crippen molar-refractivity contribution >= 4 is 17.2 Å². The summed E-state index contributed by atoms with van der Waals surface area (Å²) < 4.78 is 0. The predicted molar refractivity (Wildman–Crippen MR) is 64.6 cm³/mol. The van der Waals surface area contributed by atoms with Crippen LogP contribution in [0, 0.1) is 6.92 Å². The van der Waals surface area contributed by atoms with Crippen molar-refractivity contribution in [3.05, 3.63) is 16.1 Å². The van der Waals surface area contributed by atoms with E-state index < -0.39 is 0 Å². The average molecular weight is 239 g/mol. The van der Waals surface area contributed by atoms with Crippen molar-refractivity contribution in [2.45, 2.75) is 13.3 Å². The highest BCUT2D eigenvalue weighted by Crippen LogP contribution is 2.10.